The average molecular weight is 340 g/mol. The van der Waals surface area contributed by atoms with Crippen LogP contribution in [0.25, 0.3) is 5.65 Å². The summed E-state index contributed by atoms with van der Waals surface area (Å²) < 4.78 is 1.86. The molecule has 5 nitrogen and oxygen atoms in total. The number of amides is 1. The van der Waals surface area contributed by atoms with Crippen LogP contribution in [0.4, 0.5) is 0 Å². The van der Waals surface area contributed by atoms with Gasteiger partial charge in [-0.3, -0.25) is 4.79 Å². The van der Waals surface area contributed by atoms with E-state index in [-0.39, 0.29) is 5.91 Å². The van der Waals surface area contributed by atoms with Gasteiger partial charge in [-0.2, -0.15) is 5.10 Å². The average Bonchev–Trinajstić information content (AvgIpc) is 3.23. The number of carbonyl (C=O) groups is 1. The van der Waals surface area contributed by atoms with Crippen LogP contribution >= 0.6 is 11.3 Å². The van der Waals surface area contributed by atoms with E-state index >= 15 is 0 Å². The molecule has 24 heavy (non-hydrogen) atoms. The van der Waals surface area contributed by atoms with Crippen LogP contribution in [0.5, 0.6) is 0 Å². The molecule has 6 heteroatoms. The van der Waals surface area contributed by atoms with Crippen LogP contribution in [-0.4, -0.2) is 27.0 Å². The summed E-state index contributed by atoms with van der Waals surface area (Å²) in [4.78, 5) is 18.3. The highest BCUT2D eigenvalue weighted by Crippen LogP contribution is 2.25. The van der Waals surface area contributed by atoms with E-state index in [0.29, 0.717) is 23.7 Å². The van der Waals surface area contributed by atoms with Crippen molar-refractivity contribution >= 4 is 22.9 Å². The molecule has 0 saturated carbocycles. The minimum absolute atomic E-state index is 0.0989. The molecule has 0 spiro atoms. The fraction of sp³-hybridized carbons (Fsp3) is 0.389. The molecule has 0 aliphatic heterocycles. The minimum Gasteiger partial charge on any atom is -0.352 e. The zero-order chi connectivity index (χ0) is 16.5. The first-order valence-corrected chi connectivity index (χ1v) is 9.25. The summed E-state index contributed by atoms with van der Waals surface area (Å²) in [6.45, 7) is 2.89. The number of aromatic nitrogens is 3. The molecule has 0 unspecified atom stereocenters. The van der Waals surface area contributed by atoms with Gasteiger partial charge in [0.05, 0.1) is 6.20 Å². The van der Waals surface area contributed by atoms with E-state index in [1.54, 1.807) is 17.5 Å². The molecule has 124 valence electrons. The highest BCUT2D eigenvalue weighted by molar-refractivity contribution is 7.09. The van der Waals surface area contributed by atoms with Crippen molar-refractivity contribution in [1.82, 2.24) is 19.9 Å². The molecule has 3 aromatic heterocycles. The van der Waals surface area contributed by atoms with Gasteiger partial charge in [0.1, 0.15) is 5.56 Å². The Hall–Kier alpha value is -2.21. The van der Waals surface area contributed by atoms with Crippen LogP contribution < -0.4 is 5.32 Å². The van der Waals surface area contributed by atoms with Crippen molar-refractivity contribution in [3.05, 3.63) is 51.6 Å². The lowest BCUT2D eigenvalue weighted by Crippen LogP contribution is -2.25. The second-order valence-corrected chi connectivity index (χ2v) is 7.49. The Morgan fingerprint density at radius 1 is 1.46 bits per heavy atom. The fourth-order valence-corrected chi connectivity index (χ4v) is 4.03. The van der Waals surface area contributed by atoms with Crippen LogP contribution in [-0.2, 0) is 19.3 Å². The predicted molar refractivity (Wildman–Crippen MR) is 94.5 cm³/mol. The molecule has 0 bridgehead atoms. The standard InChI is InChI=1S/C18H20N4OS/c1-12-4-5-16-13(9-12)10-20-17-15(11-21-22(16)17)18(23)19-7-6-14-3-2-8-24-14/h2-3,8,10-12H,4-7,9H2,1H3,(H,19,23)/t12-/m1/s1. The summed E-state index contributed by atoms with van der Waals surface area (Å²) in [6, 6.07) is 4.11. The van der Waals surface area contributed by atoms with Gasteiger partial charge in [-0.05, 0) is 48.6 Å². The zero-order valence-corrected chi connectivity index (χ0v) is 14.5. The van der Waals surface area contributed by atoms with E-state index in [4.69, 9.17) is 0 Å². The molecule has 4 rings (SSSR count). The molecule has 3 heterocycles. The lowest BCUT2D eigenvalue weighted by molar-refractivity contribution is 0.0955. The second kappa shape index (κ2) is 6.36. The van der Waals surface area contributed by atoms with E-state index < -0.39 is 0 Å². The summed E-state index contributed by atoms with van der Waals surface area (Å²) in [6.07, 6.45) is 7.61. The van der Waals surface area contributed by atoms with E-state index in [1.165, 1.54) is 16.1 Å². The van der Waals surface area contributed by atoms with Crippen molar-refractivity contribution < 1.29 is 4.79 Å². The van der Waals surface area contributed by atoms with Crippen molar-refractivity contribution in [3.8, 4) is 0 Å². The van der Waals surface area contributed by atoms with Crippen molar-refractivity contribution in [2.24, 2.45) is 5.92 Å². The first-order chi connectivity index (χ1) is 11.7. The first kappa shape index (κ1) is 15.3. The maximum absolute atomic E-state index is 12.5. The highest BCUT2D eigenvalue weighted by Gasteiger charge is 2.21. The number of hydrogen-bond donors (Lipinski definition) is 1. The van der Waals surface area contributed by atoms with Crippen LogP contribution in [0.15, 0.2) is 29.9 Å². The molecular formula is C18H20N4OS. The lowest BCUT2D eigenvalue weighted by atomic mass is 9.89. The summed E-state index contributed by atoms with van der Waals surface area (Å²) in [5.74, 6) is 0.588. The largest absolute Gasteiger partial charge is 0.352 e. The Morgan fingerprint density at radius 2 is 2.38 bits per heavy atom. The number of fused-ring (bicyclic) bond motifs is 3. The Bertz CT molecular complexity index is 869. The molecule has 0 fully saturated rings. The van der Waals surface area contributed by atoms with Gasteiger partial charge in [0.15, 0.2) is 5.65 Å². The number of nitrogens with zero attached hydrogens (tertiary/aromatic N) is 3. The molecule has 1 N–H and O–H groups in total. The first-order valence-electron chi connectivity index (χ1n) is 8.37. The predicted octanol–water partition coefficient (Wildman–Crippen LogP) is 2.89. The van der Waals surface area contributed by atoms with Crippen LogP contribution in [0, 0.1) is 5.92 Å². The molecule has 1 aliphatic carbocycles. The maximum Gasteiger partial charge on any atom is 0.256 e. The second-order valence-electron chi connectivity index (χ2n) is 6.46. The Labute approximate surface area is 144 Å². The molecule has 0 aromatic carbocycles. The molecule has 1 atom stereocenters. The zero-order valence-electron chi connectivity index (χ0n) is 13.7. The highest BCUT2D eigenvalue weighted by atomic mass is 32.1. The number of thiophene rings is 1. The molecule has 3 aromatic rings. The van der Waals surface area contributed by atoms with E-state index in [9.17, 15) is 4.79 Å². The number of aryl methyl sites for hydroxylation is 1. The van der Waals surface area contributed by atoms with Gasteiger partial charge in [-0.15, -0.1) is 11.3 Å². The van der Waals surface area contributed by atoms with Crippen molar-refractivity contribution in [2.45, 2.75) is 32.6 Å². The summed E-state index contributed by atoms with van der Waals surface area (Å²) in [5.41, 5.74) is 3.68. The van der Waals surface area contributed by atoms with Crippen molar-refractivity contribution in [1.29, 1.82) is 0 Å². The number of nitrogens with one attached hydrogen (secondary N) is 1. The van der Waals surface area contributed by atoms with Crippen molar-refractivity contribution in [2.75, 3.05) is 6.54 Å². The van der Waals surface area contributed by atoms with Gasteiger partial charge in [0, 0.05) is 23.3 Å². The Balaban J connectivity index is 1.53. The summed E-state index contributed by atoms with van der Waals surface area (Å²) >= 11 is 1.71. The SMILES string of the molecule is C[C@@H]1CCc2c(cnc3c(C(=O)NCCc4cccs4)cnn23)C1. The molecule has 1 amide bonds. The molecule has 1 aliphatic rings. The smallest absolute Gasteiger partial charge is 0.256 e. The van der Waals surface area contributed by atoms with Crippen molar-refractivity contribution in [3.63, 3.8) is 0 Å². The van der Waals surface area contributed by atoms with E-state index in [2.05, 4.69) is 33.8 Å². The van der Waals surface area contributed by atoms with E-state index in [1.807, 2.05) is 16.8 Å². The Kier molecular flexibility index (Phi) is 4.06. The summed E-state index contributed by atoms with van der Waals surface area (Å²) in [7, 11) is 0. The normalized spacial score (nSPS) is 17.0. The van der Waals surface area contributed by atoms with Gasteiger partial charge >= 0.3 is 0 Å². The third-order valence-electron chi connectivity index (χ3n) is 4.64. The van der Waals surface area contributed by atoms with E-state index in [0.717, 1.165) is 25.7 Å². The molecule has 0 radical (unpaired) electrons. The van der Waals surface area contributed by atoms with Gasteiger partial charge in [0.25, 0.3) is 5.91 Å². The third kappa shape index (κ3) is 2.82. The number of rotatable bonds is 4. The van der Waals surface area contributed by atoms with Crippen LogP contribution in [0.3, 0.4) is 0 Å². The molecule has 0 saturated heterocycles. The fourth-order valence-electron chi connectivity index (χ4n) is 3.32. The van der Waals surface area contributed by atoms with Gasteiger partial charge in [-0.1, -0.05) is 13.0 Å². The number of hydrogen-bond acceptors (Lipinski definition) is 4. The lowest BCUT2D eigenvalue weighted by Gasteiger charge is -2.21. The van der Waals surface area contributed by atoms with Crippen LogP contribution in [0.1, 0.15) is 39.8 Å². The Morgan fingerprint density at radius 3 is 3.21 bits per heavy atom. The molecular weight excluding hydrogens is 320 g/mol. The van der Waals surface area contributed by atoms with Crippen LogP contribution in [0.2, 0.25) is 0 Å². The van der Waals surface area contributed by atoms with Gasteiger partial charge in [-0.25, -0.2) is 9.50 Å². The number of carbonyl (C=O) groups excluding carboxylic acids is 1. The maximum atomic E-state index is 12.5. The minimum atomic E-state index is -0.0989. The monoisotopic (exact) mass is 340 g/mol. The van der Waals surface area contributed by atoms with Gasteiger partial charge in [0.2, 0.25) is 0 Å². The topological polar surface area (TPSA) is 59.3 Å². The van der Waals surface area contributed by atoms with Gasteiger partial charge < -0.3 is 5.32 Å². The third-order valence-corrected chi connectivity index (χ3v) is 5.57. The quantitative estimate of drug-likeness (QED) is 0.794. The summed E-state index contributed by atoms with van der Waals surface area (Å²) in [5, 5.41) is 9.46.